The highest BCUT2D eigenvalue weighted by molar-refractivity contribution is 7.98. The minimum absolute atomic E-state index is 0.209. The van der Waals surface area contributed by atoms with Gasteiger partial charge in [0, 0.05) is 12.3 Å². The maximum Gasteiger partial charge on any atom is 0.343 e. The van der Waals surface area contributed by atoms with Gasteiger partial charge in [-0.1, -0.05) is 65.3 Å². The van der Waals surface area contributed by atoms with Gasteiger partial charge in [-0.15, -0.1) is 5.10 Å². The maximum absolute atomic E-state index is 12.0. The molecule has 0 saturated carbocycles. The molecule has 0 bridgehead atoms. The molecule has 1 aromatic carbocycles. The molecule has 0 radical (unpaired) electrons. The van der Waals surface area contributed by atoms with Crippen molar-refractivity contribution < 1.29 is 0 Å². The minimum atomic E-state index is -0.209. The Labute approximate surface area is 153 Å². The molecule has 8 heteroatoms. The molecule has 2 aromatic heterocycles. The van der Waals surface area contributed by atoms with E-state index in [1.54, 1.807) is 16.7 Å². The number of aryl methyl sites for hydroxylation is 1. The lowest BCUT2D eigenvalue weighted by molar-refractivity contribution is 0.616. The molecule has 3 rings (SSSR count). The number of halogens is 2. The first-order chi connectivity index (χ1) is 11.6. The molecule has 2 heterocycles. The summed E-state index contributed by atoms with van der Waals surface area (Å²) in [5.74, 6) is 0.595. The molecular formula is C16H14Cl2N4OS. The lowest BCUT2D eigenvalue weighted by Gasteiger charge is -2.06. The third-order valence-electron chi connectivity index (χ3n) is 3.38. The number of thioether (sulfide) groups is 1. The second-order valence-corrected chi connectivity index (χ2v) is 6.83. The molecule has 0 unspecified atom stereocenters. The van der Waals surface area contributed by atoms with Crippen LogP contribution in [-0.2, 0) is 18.7 Å². The fourth-order valence-corrected chi connectivity index (χ4v) is 3.65. The summed E-state index contributed by atoms with van der Waals surface area (Å²) >= 11 is 13.3. The van der Waals surface area contributed by atoms with E-state index in [-0.39, 0.29) is 5.69 Å². The number of hydrogen-bond acceptors (Lipinski definition) is 4. The van der Waals surface area contributed by atoms with Crippen LogP contribution in [0.2, 0.25) is 10.3 Å². The van der Waals surface area contributed by atoms with Gasteiger partial charge in [0.1, 0.15) is 10.3 Å². The molecule has 0 aliphatic heterocycles. The zero-order chi connectivity index (χ0) is 16.9. The third-order valence-corrected chi connectivity index (χ3v) is 4.82. The fourth-order valence-electron chi connectivity index (χ4n) is 2.24. The topological polar surface area (TPSA) is 63.6 Å². The molecule has 0 fully saturated rings. The highest BCUT2D eigenvalue weighted by Crippen LogP contribution is 2.23. The summed E-state index contributed by atoms with van der Waals surface area (Å²) in [4.78, 5) is 15.9. The van der Waals surface area contributed by atoms with Gasteiger partial charge in [0.2, 0.25) is 0 Å². The molecule has 124 valence electrons. The van der Waals surface area contributed by atoms with Crippen LogP contribution < -0.4 is 5.69 Å². The predicted octanol–water partition coefficient (Wildman–Crippen LogP) is 3.81. The number of pyridine rings is 1. The van der Waals surface area contributed by atoms with Gasteiger partial charge in [-0.25, -0.2) is 14.9 Å². The highest BCUT2D eigenvalue weighted by Gasteiger charge is 2.10. The molecule has 3 aromatic rings. The summed E-state index contributed by atoms with van der Waals surface area (Å²) in [6.07, 6.45) is 0.765. The molecule has 0 aliphatic rings. The quantitative estimate of drug-likeness (QED) is 0.521. The first-order valence-electron chi connectivity index (χ1n) is 7.26. The molecule has 0 atom stereocenters. The van der Waals surface area contributed by atoms with Crippen LogP contribution in [0.5, 0.6) is 0 Å². The number of nitrogens with zero attached hydrogens (tertiary/aromatic N) is 3. The Morgan fingerprint density at radius 1 is 1.08 bits per heavy atom. The summed E-state index contributed by atoms with van der Waals surface area (Å²) < 4.78 is 1.64. The van der Waals surface area contributed by atoms with Crippen LogP contribution in [0.4, 0.5) is 0 Å². The third kappa shape index (κ3) is 4.41. The van der Waals surface area contributed by atoms with Crippen molar-refractivity contribution in [2.24, 2.45) is 0 Å². The van der Waals surface area contributed by atoms with Gasteiger partial charge >= 0.3 is 5.69 Å². The van der Waals surface area contributed by atoms with Crippen LogP contribution in [0, 0.1) is 0 Å². The summed E-state index contributed by atoms with van der Waals surface area (Å²) in [5.41, 5.74) is 1.89. The molecular weight excluding hydrogens is 367 g/mol. The summed E-state index contributed by atoms with van der Waals surface area (Å²) in [7, 11) is 0. The monoisotopic (exact) mass is 380 g/mol. The van der Waals surface area contributed by atoms with Crippen molar-refractivity contribution in [1.82, 2.24) is 19.7 Å². The van der Waals surface area contributed by atoms with Crippen molar-refractivity contribution >= 4 is 35.0 Å². The molecule has 1 N–H and O–H groups in total. The van der Waals surface area contributed by atoms with Crippen LogP contribution in [-0.4, -0.2) is 19.7 Å². The smallest absolute Gasteiger partial charge is 0.270 e. The largest absolute Gasteiger partial charge is 0.343 e. The SMILES string of the molecule is O=c1[nH]nc(SCc2cc(Cl)nc(Cl)c2)n1CCc1ccccc1. The molecule has 0 amide bonds. The van der Waals surface area contributed by atoms with E-state index in [1.165, 1.54) is 17.3 Å². The van der Waals surface area contributed by atoms with E-state index in [0.717, 1.165) is 12.0 Å². The number of hydrogen-bond donors (Lipinski definition) is 1. The van der Waals surface area contributed by atoms with Crippen molar-refractivity contribution in [3.05, 3.63) is 74.4 Å². The zero-order valence-corrected chi connectivity index (χ0v) is 14.9. The first kappa shape index (κ1) is 17.1. The minimum Gasteiger partial charge on any atom is -0.270 e. The van der Waals surface area contributed by atoms with E-state index in [1.807, 2.05) is 30.3 Å². The van der Waals surface area contributed by atoms with Crippen LogP contribution >= 0.6 is 35.0 Å². The Hall–Kier alpha value is -1.76. The summed E-state index contributed by atoms with van der Waals surface area (Å²) in [6.45, 7) is 0.569. The fraction of sp³-hybridized carbons (Fsp3) is 0.188. The molecule has 0 spiro atoms. The molecule has 24 heavy (non-hydrogen) atoms. The number of benzene rings is 1. The van der Waals surface area contributed by atoms with Crippen molar-refractivity contribution in [1.29, 1.82) is 0 Å². The Bertz CT molecular complexity index is 859. The Morgan fingerprint density at radius 3 is 2.50 bits per heavy atom. The second kappa shape index (κ2) is 7.88. The van der Waals surface area contributed by atoms with Crippen LogP contribution in [0.3, 0.4) is 0 Å². The van der Waals surface area contributed by atoms with Crippen LogP contribution in [0.25, 0.3) is 0 Å². The number of aromatic amines is 1. The molecule has 0 aliphatic carbocycles. The first-order valence-corrected chi connectivity index (χ1v) is 9.00. The summed E-state index contributed by atoms with van der Waals surface area (Å²) in [5, 5.41) is 7.94. The van der Waals surface area contributed by atoms with Gasteiger partial charge < -0.3 is 0 Å². The zero-order valence-electron chi connectivity index (χ0n) is 12.6. The predicted molar refractivity (Wildman–Crippen MR) is 96.8 cm³/mol. The standard InChI is InChI=1S/C16H14Cl2N4OS/c17-13-8-12(9-14(18)19-13)10-24-16-21-20-15(23)22(16)7-6-11-4-2-1-3-5-11/h1-5,8-9H,6-7,10H2,(H,20,23). The van der Waals surface area contributed by atoms with Gasteiger partial charge in [0.15, 0.2) is 5.16 Å². The van der Waals surface area contributed by atoms with Crippen molar-refractivity contribution in [2.45, 2.75) is 23.9 Å². The Kier molecular flexibility index (Phi) is 5.60. The van der Waals surface area contributed by atoms with Crippen molar-refractivity contribution in [3.8, 4) is 0 Å². The van der Waals surface area contributed by atoms with E-state index in [9.17, 15) is 4.79 Å². The Balaban J connectivity index is 1.69. The second-order valence-electron chi connectivity index (χ2n) is 5.11. The van der Waals surface area contributed by atoms with Gasteiger partial charge in [0.05, 0.1) is 0 Å². The van der Waals surface area contributed by atoms with E-state index in [2.05, 4.69) is 15.2 Å². The number of H-pyrrole nitrogens is 1. The number of rotatable bonds is 6. The maximum atomic E-state index is 12.0. The Morgan fingerprint density at radius 2 is 1.79 bits per heavy atom. The lowest BCUT2D eigenvalue weighted by atomic mass is 10.1. The number of aromatic nitrogens is 4. The van der Waals surface area contributed by atoms with Crippen molar-refractivity contribution in [2.75, 3.05) is 0 Å². The average molecular weight is 381 g/mol. The normalized spacial score (nSPS) is 10.9. The van der Waals surface area contributed by atoms with Crippen molar-refractivity contribution in [3.63, 3.8) is 0 Å². The van der Waals surface area contributed by atoms with E-state index < -0.39 is 0 Å². The molecule has 0 saturated heterocycles. The lowest BCUT2D eigenvalue weighted by Crippen LogP contribution is -2.18. The molecule has 5 nitrogen and oxygen atoms in total. The van der Waals surface area contributed by atoms with E-state index in [4.69, 9.17) is 23.2 Å². The van der Waals surface area contributed by atoms with Gasteiger partial charge in [-0.2, -0.15) is 0 Å². The van der Waals surface area contributed by atoms with E-state index >= 15 is 0 Å². The van der Waals surface area contributed by atoms with E-state index in [0.29, 0.717) is 27.8 Å². The average Bonchev–Trinajstić information content (AvgIpc) is 2.91. The number of nitrogens with one attached hydrogen (secondary N) is 1. The highest BCUT2D eigenvalue weighted by atomic mass is 35.5. The van der Waals surface area contributed by atoms with Gasteiger partial charge in [-0.05, 0) is 29.7 Å². The van der Waals surface area contributed by atoms with Crippen LogP contribution in [0.1, 0.15) is 11.1 Å². The van der Waals surface area contributed by atoms with Gasteiger partial charge in [0.25, 0.3) is 0 Å². The van der Waals surface area contributed by atoms with Crippen LogP contribution in [0.15, 0.2) is 52.4 Å². The summed E-state index contributed by atoms with van der Waals surface area (Å²) in [6, 6.07) is 13.5. The van der Waals surface area contributed by atoms with Gasteiger partial charge in [-0.3, -0.25) is 4.57 Å².